The standard InChI is InChI=1S/C22H32O5Si2/c1-25-18-13-11-17(12-14-18)19(10-9-15-29(7,8)28(4,5)6)20(22(24)27-3)16-21(23)26-2/h10-14,20H,16H2,1-8H3/b19-10+. The second kappa shape index (κ2) is 10.5. The minimum absolute atomic E-state index is 0.114. The maximum absolute atomic E-state index is 12.5. The molecule has 0 heterocycles. The molecule has 1 rings (SSSR count). The van der Waals surface area contributed by atoms with Crippen LogP contribution < -0.4 is 4.74 Å². The highest BCUT2D eigenvalue weighted by atomic mass is 29.3. The molecule has 0 aliphatic heterocycles. The van der Waals surface area contributed by atoms with Crippen molar-refractivity contribution >= 4 is 32.7 Å². The summed E-state index contributed by atoms with van der Waals surface area (Å²) in [5.74, 6) is 2.13. The van der Waals surface area contributed by atoms with Crippen LogP contribution in [0.3, 0.4) is 0 Å². The van der Waals surface area contributed by atoms with Gasteiger partial charge in [-0.3, -0.25) is 9.59 Å². The SMILES string of the molecule is COC(=O)CC(C(=O)OC)/C(=C/C#C[Si](C)(C)[Si](C)(C)C)c1ccc(OC)cc1. The average molecular weight is 433 g/mol. The van der Waals surface area contributed by atoms with Gasteiger partial charge in [0, 0.05) is 0 Å². The smallest absolute Gasteiger partial charge is 0.313 e. The number of rotatable bonds is 7. The lowest BCUT2D eigenvalue weighted by Crippen LogP contribution is -2.51. The Hall–Kier alpha value is -2.31. The third kappa shape index (κ3) is 6.91. The van der Waals surface area contributed by atoms with Gasteiger partial charge in [-0.2, -0.15) is 0 Å². The van der Waals surface area contributed by atoms with Crippen molar-refractivity contribution in [2.45, 2.75) is 39.2 Å². The third-order valence-corrected chi connectivity index (χ3v) is 21.5. The zero-order valence-corrected chi connectivity index (χ0v) is 20.7. The van der Waals surface area contributed by atoms with E-state index in [-0.39, 0.29) is 6.42 Å². The van der Waals surface area contributed by atoms with Crippen molar-refractivity contribution in [1.29, 1.82) is 0 Å². The summed E-state index contributed by atoms with van der Waals surface area (Å²) in [5, 5.41) is 0. The van der Waals surface area contributed by atoms with Gasteiger partial charge in [0.05, 0.1) is 41.3 Å². The molecule has 5 nitrogen and oxygen atoms in total. The Morgan fingerprint density at radius 1 is 1.00 bits per heavy atom. The van der Waals surface area contributed by atoms with Crippen LogP contribution in [0.5, 0.6) is 5.75 Å². The van der Waals surface area contributed by atoms with Crippen LogP contribution in [0.15, 0.2) is 30.3 Å². The summed E-state index contributed by atoms with van der Waals surface area (Å²) in [6.07, 6.45) is 1.64. The van der Waals surface area contributed by atoms with Gasteiger partial charge < -0.3 is 14.2 Å². The number of carbonyl (C=O) groups excluding carboxylic acids is 2. The van der Waals surface area contributed by atoms with E-state index in [9.17, 15) is 9.59 Å². The van der Waals surface area contributed by atoms with Crippen LogP contribution >= 0.6 is 0 Å². The van der Waals surface area contributed by atoms with Crippen LogP contribution in [0.4, 0.5) is 0 Å². The minimum atomic E-state index is -1.69. The van der Waals surface area contributed by atoms with E-state index in [4.69, 9.17) is 14.2 Å². The Morgan fingerprint density at radius 2 is 1.59 bits per heavy atom. The summed E-state index contributed by atoms with van der Waals surface area (Å²) >= 11 is 0. The molecule has 1 aromatic rings. The Kier molecular flexibility index (Phi) is 8.92. The quantitative estimate of drug-likeness (QED) is 0.369. The molecule has 0 radical (unpaired) electrons. The predicted molar refractivity (Wildman–Crippen MR) is 122 cm³/mol. The lowest BCUT2D eigenvalue weighted by Gasteiger charge is -2.29. The predicted octanol–water partition coefficient (Wildman–Crippen LogP) is 4.10. The van der Waals surface area contributed by atoms with Gasteiger partial charge in [-0.25, -0.2) is 0 Å². The second-order valence-corrected chi connectivity index (χ2v) is 24.6. The van der Waals surface area contributed by atoms with Crippen LogP contribution in [0, 0.1) is 17.4 Å². The first kappa shape index (κ1) is 24.7. The van der Waals surface area contributed by atoms with E-state index in [0.717, 1.165) is 5.56 Å². The highest BCUT2D eigenvalue weighted by Crippen LogP contribution is 2.29. The van der Waals surface area contributed by atoms with Crippen molar-refractivity contribution in [3.8, 4) is 17.2 Å². The Labute approximate surface area is 176 Å². The number of esters is 2. The van der Waals surface area contributed by atoms with Crippen molar-refractivity contribution in [1.82, 2.24) is 0 Å². The molecule has 1 aromatic carbocycles. The van der Waals surface area contributed by atoms with Crippen LogP contribution in [0.1, 0.15) is 12.0 Å². The third-order valence-electron chi connectivity index (χ3n) is 5.37. The number of carbonyl (C=O) groups is 2. The van der Waals surface area contributed by atoms with Crippen molar-refractivity contribution in [3.63, 3.8) is 0 Å². The highest BCUT2D eigenvalue weighted by molar-refractivity contribution is 7.43. The Balaban J connectivity index is 3.51. The summed E-state index contributed by atoms with van der Waals surface area (Å²) in [7, 11) is 1.13. The molecule has 0 aromatic heterocycles. The zero-order valence-electron chi connectivity index (χ0n) is 18.7. The van der Waals surface area contributed by atoms with Gasteiger partial charge in [0.1, 0.15) is 13.3 Å². The zero-order chi connectivity index (χ0) is 22.2. The molecule has 1 atom stereocenters. The average Bonchev–Trinajstić information content (AvgIpc) is 2.68. The molecule has 1 unspecified atom stereocenters. The van der Waals surface area contributed by atoms with Crippen LogP contribution in [-0.4, -0.2) is 48.5 Å². The molecule has 0 N–H and O–H groups in total. The Bertz CT molecular complexity index is 808. The first-order valence-electron chi connectivity index (χ1n) is 9.48. The van der Waals surface area contributed by atoms with Gasteiger partial charge in [-0.05, 0) is 29.3 Å². The van der Waals surface area contributed by atoms with Crippen molar-refractivity contribution in [3.05, 3.63) is 35.9 Å². The van der Waals surface area contributed by atoms with Crippen LogP contribution in [0.2, 0.25) is 32.7 Å². The molecule has 0 aliphatic carbocycles. The summed E-state index contributed by atoms with van der Waals surface area (Å²) in [6, 6.07) is 7.31. The Morgan fingerprint density at radius 3 is 2.03 bits per heavy atom. The summed E-state index contributed by atoms with van der Waals surface area (Å²) in [6.45, 7) is 11.5. The maximum Gasteiger partial charge on any atom is 0.313 e. The highest BCUT2D eigenvalue weighted by Gasteiger charge is 2.35. The second-order valence-electron chi connectivity index (χ2n) is 8.33. The van der Waals surface area contributed by atoms with E-state index in [1.54, 1.807) is 13.2 Å². The fourth-order valence-electron chi connectivity index (χ4n) is 2.36. The van der Waals surface area contributed by atoms with E-state index in [2.05, 4.69) is 44.2 Å². The van der Waals surface area contributed by atoms with Crippen molar-refractivity contribution < 1.29 is 23.8 Å². The molecule has 0 fully saturated rings. The number of hydrogen-bond acceptors (Lipinski definition) is 5. The summed E-state index contributed by atoms with van der Waals surface area (Å²) in [5.41, 5.74) is 4.90. The van der Waals surface area contributed by atoms with Gasteiger partial charge in [-0.1, -0.05) is 50.8 Å². The van der Waals surface area contributed by atoms with E-state index >= 15 is 0 Å². The van der Waals surface area contributed by atoms with Crippen molar-refractivity contribution in [2.75, 3.05) is 21.3 Å². The molecule has 0 saturated heterocycles. The fraction of sp³-hybridized carbons (Fsp3) is 0.455. The number of hydrogen-bond donors (Lipinski definition) is 0. The minimum Gasteiger partial charge on any atom is -0.497 e. The van der Waals surface area contributed by atoms with E-state index < -0.39 is 33.0 Å². The largest absolute Gasteiger partial charge is 0.497 e. The molecule has 0 saturated carbocycles. The maximum atomic E-state index is 12.5. The first-order valence-corrected chi connectivity index (χ1v) is 17.0. The van der Waals surface area contributed by atoms with Gasteiger partial charge in [0.15, 0.2) is 0 Å². The molecule has 158 valence electrons. The fourth-order valence-corrected chi connectivity index (χ4v) is 4.51. The van der Waals surface area contributed by atoms with E-state index in [1.807, 2.05) is 24.3 Å². The lowest BCUT2D eigenvalue weighted by molar-refractivity contribution is -0.149. The van der Waals surface area contributed by atoms with E-state index in [0.29, 0.717) is 11.3 Å². The summed E-state index contributed by atoms with van der Waals surface area (Å²) < 4.78 is 15.0. The number of allylic oxidation sites excluding steroid dienone is 1. The number of methoxy groups -OCH3 is 3. The van der Waals surface area contributed by atoms with Gasteiger partial charge in [-0.15, -0.1) is 5.54 Å². The van der Waals surface area contributed by atoms with Crippen LogP contribution in [0.25, 0.3) is 5.57 Å². The molecule has 7 heteroatoms. The number of benzene rings is 1. The molecule has 0 aliphatic rings. The topological polar surface area (TPSA) is 61.8 Å². The molecular weight excluding hydrogens is 400 g/mol. The van der Waals surface area contributed by atoms with Crippen molar-refractivity contribution in [2.24, 2.45) is 5.92 Å². The monoisotopic (exact) mass is 432 g/mol. The number of ether oxygens (including phenoxy) is 3. The van der Waals surface area contributed by atoms with Gasteiger partial charge in [0.2, 0.25) is 0 Å². The molecule has 0 bridgehead atoms. The lowest BCUT2D eigenvalue weighted by atomic mass is 9.89. The molecule has 0 amide bonds. The van der Waals surface area contributed by atoms with Gasteiger partial charge in [0.25, 0.3) is 0 Å². The molecule has 29 heavy (non-hydrogen) atoms. The first-order chi connectivity index (χ1) is 13.5. The van der Waals surface area contributed by atoms with E-state index in [1.165, 1.54) is 14.2 Å². The molecule has 0 spiro atoms. The summed E-state index contributed by atoms with van der Waals surface area (Å²) in [4.78, 5) is 24.4. The van der Waals surface area contributed by atoms with Crippen LogP contribution in [-0.2, 0) is 19.1 Å². The van der Waals surface area contributed by atoms with Gasteiger partial charge >= 0.3 is 11.9 Å². The molecular formula is C22H32O5Si2. The normalized spacial score (nSPS) is 13.0.